The van der Waals surface area contributed by atoms with Crippen LogP contribution in [0.5, 0.6) is 11.5 Å². The van der Waals surface area contributed by atoms with E-state index in [2.05, 4.69) is 5.32 Å². The molecule has 1 fully saturated rings. The number of sulfonamides is 1. The molecule has 1 saturated heterocycles. The van der Waals surface area contributed by atoms with Crippen molar-refractivity contribution in [2.24, 2.45) is 0 Å². The Labute approximate surface area is 182 Å². The lowest BCUT2D eigenvalue weighted by atomic mass is 10.0. The molecule has 0 aromatic heterocycles. The molecule has 1 unspecified atom stereocenters. The third kappa shape index (κ3) is 5.06. The first kappa shape index (κ1) is 22.4. The number of piperidine rings is 1. The maximum atomic E-state index is 13.1. The number of carbonyl (C=O) groups is 1. The van der Waals surface area contributed by atoms with Gasteiger partial charge in [0.2, 0.25) is 15.9 Å². The van der Waals surface area contributed by atoms with Crippen LogP contribution in [0.1, 0.15) is 25.7 Å². The summed E-state index contributed by atoms with van der Waals surface area (Å²) in [4.78, 5) is 12.8. The second-order valence-corrected chi connectivity index (χ2v) is 9.37. The van der Waals surface area contributed by atoms with Crippen molar-refractivity contribution in [2.45, 2.75) is 36.6 Å². The van der Waals surface area contributed by atoms with E-state index in [0.29, 0.717) is 35.2 Å². The maximum Gasteiger partial charge on any atom is 0.243 e. The molecule has 162 valence electrons. The number of benzene rings is 2. The van der Waals surface area contributed by atoms with E-state index in [-0.39, 0.29) is 17.2 Å². The third-order valence-corrected chi connectivity index (χ3v) is 7.30. The Balaban J connectivity index is 1.74. The lowest BCUT2D eigenvalue weighted by Gasteiger charge is -2.34. The van der Waals surface area contributed by atoms with Gasteiger partial charge in [-0.3, -0.25) is 4.79 Å². The lowest BCUT2D eigenvalue weighted by Crippen LogP contribution is -2.45. The van der Waals surface area contributed by atoms with Crippen molar-refractivity contribution in [3.8, 4) is 11.5 Å². The molecule has 30 heavy (non-hydrogen) atoms. The van der Waals surface area contributed by atoms with E-state index in [9.17, 15) is 13.2 Å². The highest BCUT2D eigenvalue weighted by atomic mass is 35.5. The van der Waals surface area contributed by atoms with E-state index < -0.39 is 16.1 Å². The van der Waals surface area contributed by atoms with E-state index in [1.165, 1.54) is 30.7 Å². The van der Waals surface area contributed by atoms with Gasteiger partial charge in [0.1, 0.15) is 0 Å². The summed E-state index contributed by atoms with van der Waals surface area (Å²) in [5.41, 5.74) is 0.556. The second kappa shape index (κ2) is 9.68. The monoisotopic (exact) mass is 452 g/mol. The molecule has 7 nitrogen and oxygen atoms in total. The van der Waals surface area contributed by atoms with Crippen molar-refractivity contribution in [2.75, 3.05) is 26.1 Å². The quantitative estimate of drug-likeness (QED) is 0.688. The number of carbonyl (C=O) groups excluding carboxylic acids is 1. The molecule has 1 aliphatic rings. The molecule has 0 spiro atoms. The van der Waals surface area contributed by atoms with Crippen LogP contribution in [0.15, 0.2) is 47.4 Å². The van der Waals surface area contributed by atoms with Crippen molar-refractivity contribution in [3.05, 3.63) is 47.5 Å². The number of nitrogens with zero attached hydrogens (tertiary/aromatic N) is 1. The van der Waals surface area contributed by atoms with Crippen LogP contribution < -0.4 is 14.8 Å². The predicted molar refractivity (Wildman–Crippen MR) is 116 cm³/mol. The molecule has 1 aliphatic heterocycles. The molecule has 0 aliphatic carbocycles. The van der Waals surface area contributed by atoms with Gasteiger partial charge in [-0.25, -0.2) is 8.42 Å². The summed E-state index contributed by atoms with van der Waals surface area (Å²) in [5.74, 6) is 0.799. The molecule has 2 aromatic rings. The minimum absolute atomic E-state index is 0.0706. The summed E-state index contributed by atoms with van der Waals surface area (Å²) < 4.78 is 38.1. The molecule has 1 amide bonds. The first-order chi connectivity index (χ1) is 14.3. The van der Waals surface area contributed by atoms with E-state index in [0.717, 1.165) is 12.8 Å². The standard InChI is InChI=1S/C21H25ClN2O5S/c1-28-19-11-8-16(13-20(19)29-2)23-21(25)14-17-5-3-4-12-24(17)30(26,27)18-9-6-15(22)7-10-18/h6-11,13,17H,3-5,12,14H2,1-2H3,(H,23,25). The number of rotatable bonds is 7. The predicted octanol–water partition coefficient (Wildman–Crippen LogP) is 3.93. The zero-order valence-electron chi connectivity index (χ0n) is 16.9. The molecule has 1 N–H and O–H groups in total. The van der Waals surface area contributed by atoms with Crippen molar-refractivity contribution in [1.82, 2.24) is 4.31 Å². The van der Waals surface area contributed by atoms with Gasteiger partial charge in [0.15, 0.2) is 11.5 Å². The van der Waals surface area contributed by atoms with Gasteiger partial charge in [0.25, 0.3) is 0 Å². The highest BCUT2D eigenvalue weighted by Gasteiger charge is 2.34. The molecule has 3 rings (SSSR count). The van der Waals surface area contributed by atoms with Gasteiger partial charge >= 0.3 is 0 Å². The molecule has 0 saturated carbocycles. The van der Waals surface area contributed by atoms with Crippen LogP contribution in [-0.4, -0.2) is 45.4 Å². The van der Waals surface area contributed by atoms with Crippen LogP contribution in [-0.2, 0) is 14.8 Å². The number of ether oxygens (including phenoxy) is 2. The van der Waals surface area contributed by atoms with Crippen molar-refractivity contribution in [3.63, 3.8) is 0 Å². The second-order valence-electron chi connectivity index (χ2n) is 7.04. The topological polar surface area (TPSA) is 84.9 Å². The van der Waals surface area contributed by atoms with Crippen molar-refractivity contribution >= 4 is 33.2 Å². The summed E-state index contributed by atoms with van der Waals surface area (Å²) in [7, 11) is -0.653. The first-order valence-corrected chi connectivity index (χ1v) is 11.5. The van der Waals surface area contributed by atoms with Crippen LogP contribution in [0.4, 0.5) is 5.69 Å². The Morgan fingerprint density at radius 3 is 2.47 bits per heavy atom. The lowest BCUT2D eigenvalue weighted by molar-refractivity contribution is -0.117. The third-order valence-electron chi connectivity index (χ3n) is 5.08. The van der Waals surface area contributed by atoms with Crippen molar-refractivity contribution < 1.29 is 22.7 Å². The average Bonchev–Trinajstić information content (AvgIpc) is 2.74. The summed E-state index contributed by atoms with van der Waals surface area (Å²) in [5, 5.41) is 3.29. The number of hydrogen-bond acceptors (Lipinski definition) is 5. The summed E-state index contributed by atoms with van der Waals surface area (Å²) in [6.45, 7) is 0.388. The van der Waals surface area contributed by atoms with Gasteiger partial charge in [0.05, 0.1) is 19.1 Å². The van der Waals surface area contributed by atoms with Crippen LogP contribution >= 0.6 is 11.6 Å². The number of amides is 1. The zero-order valence-corrected chi connectivity index (χ0v) is 18.5. The van der Waals surface area contributed by atoms with Crippen LogP contribution in [0.2, 0.25) is 5.02 Å². The van der Waals surface area contributed by atoms with Crippen LogP contribution in [0.3, 0.4) is 0 Å². The first-order valence-electron chi connectivity index (χ1n) is 9.64. The van der Waals surface area contributed by atoms with E-state index >= 15 is 0 Å². The fraction of sp³-hybridized carbons (Fsp3) is 0.381. The smallest absolute Gasteiger partial charge is 0.243 e. The van der Waals surface area contributed by atoms with Gasteiger partial charge in [-0.2, -0.15) is 4.31 Å². The van der Waals surface area contributed by atoms with Crippen LogP contribution in [0, 0.1) is 0 Å². The van der Waals surface area contributed by atoms with E-state index in [1.807, 2.05) is 0 Å². The molecular weight excluding hydrogens is 428 g/mol. The van der Waals surface area contributed by atoms with E-state index in [4.69, 9.17) is 21.1 Å². The Morgan fingerprint density at radius 2 is 1.80 bits per heavy atom. The summed E-state index contributed by atoms with van der Waals surface area (Å²) >= 11 is 5.88. The fourth-order valence-corrected chi connectivity index (χ4v) is 5.40. The summed E-state index contributed by atoms with van der Waals surface area (Å²) in [6.07, 6.45) is 2.34. The van der Waals surface area contributed by atoms with Gasteiger partial charge in [-0.1, -0.05) is 18.0 Å². The Kier molecular flexibility index (Phi) is 7.23. The Morgan fingerprint density at radius 1 is 1.10 bits per heavy atom. The molecular formula is C21H25ClN2O5S. The number of anilines is 1. The Bertz CT molecular complexity index is 995. The van der Waals surface area contributed by atoms with Crippen molar-refractivity contribution in [1.29, 1.82) is 0 Å². The highest BCUT2D eigenvalue weighted by Crippen LogP contribution is 2.31. The minimum Gasteiger partial charge on any atom is -0.493 e. The molecule has 0 radical (unpaired) electrons. The SMILES string of the molecule is COc1ccc(NC(=O)CC2CCCCN2S(=O)(=O)c2ccc(Cl)cc2)cc1OC. The minimum atomic E-state index is -3.71. The number of hydrogen-bond donors (Lipinski definition) is 1. The number of halogens is 1. The van der Waals surface area contributed by atoms with Crippen LogP contribution in [0.25, 0.3) is 0 Å². The highest BCUT2D eigenvalue weighted by molar-refractivity contribution is 7.89. The molecule has 1 atom stereocenters. The maximum absolute atomic E-state index is 13.1. The molecule has 1 heterocycles. The summed E-state index contributed by atoms with van der Waals surface area (Å²) in [6, 6.07) is 10.8. The average molecular weight is 453 g/mol. The largest absolute Gasteiger partial charge is 0.493 e. The van der Waals surface area contributed by atoms with Gasteiger partial charge in [-0.15, -0.1) is 0 Å². The number of methoxy groups -OCH3 is 2. The van der Waals surface area contributed by atoms with Gasteiger partial charge < -0.3 is 14.8 Å². The van der Waals surface area contributed by atoms with Gasteiger partial charge in [0, 0.05) is 35.8 Å². The molecule has 0 bridgehead atoms. The zero-order chi connectivity index (χ0) is 21.7. The van der Waals surface area contributed by atoms with E-state index in [1.54, 1.807) is 30.3 Å². The number of nitrogens with one attached hydrogen (secondary N) is 1. The molecule has 2 aromatic carbocycles. The molecule has 9 heteroatoms. The Hall–Kier alpha value is -2.29. The normalized spacial score (nSPS) is 17.4. The van der Waals surface area contributed by atoms with Gasteiger partial charge in [-0.05, 0) is 49.2 Å². The fourth-order valence-electron chi connectivity index (χ4n) is 3.58.